The minimum atomic E-state index is -4.47. The zero-order valence-electron chi connectivity index (χ0n) is 15.5. The zero-order valence-corrected chi connectivity index (χ0v) is 16.3. The van der Waals surface area contributed by atoms with Crippen LogP contribution in [-0.4, -0.2) is 10.8 Å². The van der Waals surface area contributed by atoms with E-state index in [9.17, 15) is 13.2 Å². The molecule has 0 saturated carbocycles. The summed E-state index contributed by atoms with van der Waals surface area (Å²) in [4.78, 5) is 0. The van der Waals surface area contributed by atoms with E-state index in [0.717, 1.165) is 22.8 Å². The molecular weight excluding hydrogens is 395 g/mol. The maximum absolute atomic E-state index is 13.1. The van der Waals surface area contributed by atoms with Crippen LogP contribution >= 0.6 is 12.2 Å². The summed E-state index contributed by atoms with van der Waals surface area (Å²) in [5, 5.41) is 6.69. The van der Waals surface area contributed by atoms with Crippen molar-refractivity contribution in [1.29, 1.82) is 0 Å². The lowest BCUT2D eigenvalue weighted by Crippen LogP contribution is -2.26. The molecule has 0 heterocycles. The Bertz CT molecular complexity index is 1010. The molecular formula is C22H18F3N3S. The lowest BCUT2D eigenvalue weighted by molar-refractivity contribution is -0.136. The smallest absolute Gasteiger partial charge is 0.331 e. The van der Waals surface area contributed by atoms with Gasteiger partial charge in [0.1, 0.15) is 0 Å². The molecule has 0 radical (unpaired) electrons. The minimum absolute atomic E-state index is 0.0260. The summed E-state index contributed by atoms with van der Waals surface area (Å²) in [6.45, 7) is 1.79. The normalized spacial score (nSPS) is 11.8. The van der Waals surface area contributed by atoms with Crippen molar-refractivity contribution >= 4 is 28.7 Å². The average Bonchev–Trinajstić information content (AvgIpc) is 2.72. The molecule has 0 saturated heterocycles. The van der Waals surface area contributed by atoms with Crippen LogP contribution in [-0.2, 0) is 6.18 Å². The molecule has 3 rings (SSSR count). The third-order valence-electron chi connectivity index (χ3n) is 4.22. The van der Waals surface area contributed by atoms with Gasteiger partial charge in [0.2, 0.25) is 0 Å². The number of anilines is 1. The SMILES string of the molecule is C/C(=N/NC(=S)Nc1ccccc1C(F)(F)F)c1ccc(-c2ccccc2)cc1. The van der Waals surface area contributed by atoms with E-state index in [1.165, 1.54) is 18.2 Å². The molecule has 2 N–H and O–H groups in total. The summed E-state index contributed by atoms with van der Waals surface area (Å²) < 4.78 is 39.2. The average molecular weight is 413 g/mol. The summed E-state index contributed by atoms with van der Waals surface area (Å²) in [6, 6.07) is 22.9. The van der Waals surface area contributed by atoms with Gasteiger partial charge in [0.15, 0.2) is 5.11 Å². The van der Waals surface area contributed by atoms with E-state index in [4.69, 9.17) is 12.2 Å². The molecule has 3 aromatic rings. The predicted octanol–water partition coefficient (Wildman–Crippen LogP) is 6.08. The number of para-hydroxylation sites is 1. The largest absolute Gasteiger partial charge is 0.418 e. The van der Waals surface area contributed by atoms with Gasteiger partial charge in [-0.25, -0.2) is 0 Å². The minimum Gasteiger partial charge on any atom is -0.331 e. The van der Waals surface area contributed by atoms with Crippen LogP contribution in [0.2, 0.25) is 0 Å². The maximum atomic E-state index is 13.1. The zero-order chi connectivity index (χ0) is 20.9. The first-order valence-electron chi connectivity index (χ1n) is 8.78. The molecule has 3 nitrogen and oxygen atoms in total. The Hall–Kier alpha value is -3.19. The number of nitrogens with one attached hydrogen (secondary N) is 2. The van der Waals surface area contributed by atoms with Crippen molar-refractivity contribution in [3.63, 3.8) is 0 Å². The second-order valence-corrected chi connectivity index (χ2v) is 6.66. The summed E-state index contributed by atoms with van der Waals surface area (Å²) in [7, 11) is 0. The number of benzene rings is 3. The predicted molar refractivity (Wildman–Crippen MR) is 115 cm³/mol. The fourth-order valence-electron chi connectivity index (χ4n) is 2.72. The van der Waals surface area contributed by atoms with Crippen LogP contribution < -0.4 is 10.7 Å². The Morgan fingerprint density at radius 2 is 1.41 bits per heavy atom. The molecule has 0 aliphatic carbocycles. The number of hydrazone groups is 1. The second kappa shape index (κ2) is 8.87. The molecule has 3 aromatic carbocycles. The van der Waals surface area contributed by atoms with E-state index in [1.54, 1.807) is 6.92 Å². The van der Waals surface area contributed by atoms with Gasteiger partial charge >= 0.3 is 6.18 Å². The van der Waals surface area contributed by atoms with E-state index in [0.29, 0.717) is 5.71 Å². The highest BCUT2D eigenvalue weighted by Gasteiger charge is 2.33. The topological polar surface area (TPSA) is 36.4 Å². The molecule has 29 heavy (non-hydrogen) atoms. The number of hydrogen-bond acceptors (Lipinski definition) is 2. The molecule has 0 fully saturated rings. The first kappa shape index (κ1) is 20.5. The Morgan fingerprint density at radius 1 is 0.828 bits per heavy atom. The lowest BCUT2D eigenvalue weighted by Gasteiger charge is -2.14. The molecule has 0 spiro atoms. The molecule has 0 aromatic heterocycles. The van der Waals surface area contributed by atoms with Crippen LogP contribution in [0.5, 0.6) is 0 Å². The van der Waals surface area contributed by atoms with Gasteiger partial charge in [0, 0.05) is 0 Å². The number of alkyl halides is 3. The van der Waals surface area contributed by atoms with Crippen molar-refractivity contribution in [3.05, 3.63) is 90.0 Å². The fraction of sp³-hybridized carbons (Fsp3) is 0.0909. The summed E-state index contributed by atoms with van der Waals surface area (Å²) >= 11 is 5.07. The van der Waals surface area contributed by atoms with E-state index in [1.807, 2.05) is 54.6 Å². The summed E-state index contributed by atoms with van der Waals surface area (Å²) in [6.07, 6.45) is -4.47. The molecule has 0 amide bonds. The third-order valence-corrected chi connectivity index (χ3v) is 4.41. The van der Waals surface area contributed by atoms with Crippen molar-refractivity contribution in [2.24, 2.45) is 5.10 Å². The molecule has 0 unspecified atom stereocenters. The maximum Gasteiger partial charge on any atom is 0.418 e. The van der Waals surface area contributed by atoms with Crippen LogP contribution in [0.4, 0.5) is 18.9 Å². The van der Waals surface area contributed by atoms with Gasteiger partial charge in [0.25, 0.3) is 0 Å². The monoisotopic (exact) mass is 413 g/mol. The Morgan fingerprint density at radius 3 is 2.07 bits per heavy atom. The number of nitrogens with zero attached hydrogens (tertiary/aromatic N) is 1. The first-order valence-corrected chi connectivity index (χ1v) is 9.19. The van der Waals surface area contributed by atoms with Crippen molar-refractivity contribution in [2.45, 2.75) is 13.1 Å². The van der Waals surface area contributed by atoms with Gasteiger partial charge in [-0.1, -0.05) is 66.7 Å². The molecule has 0 aliphatic rings. The lowest BCUT2D eigenvalue weighted by atomic mass is 10.0. The Balaban J connectivity index is 1.66. The van der Waals surface area contributed by atoms with E-state index < -0.39 is 11.7 Å². The Labute approximate surface area is 172 Å². The van der Waals surface area contributed by atoms with Gasteiger partial charge in [-0.15, -0.1) is 0 Å². The third kappa shape index (κ3) is 5.42. The number of rotatable bonds is 4. The standard InChI is InChI=1S/C22H18F3N3S/c1-15(16-11-13-18(14-12-16)17-7-3-2-4-8-17)27-28-21(29)26-20-10-6-5-9-19(20)22(23,24)25/h2-14H,1H3,(H2,26,28,29)/b27-15-. The molecule has 0 bridgehead atoms. The highest BCUT2D eigenvalue weighted by molar-refractivity contribution is 7.80. The van der Waals surface area contributed by atoms with E-state index in [-0.39, 0.29) is 10.8 Å². The first-order chi connectivity index (χ1) is 13.8. The van der Waals surface area contributed by atoms with E-state index in [2.05, 4.69) is 15.8 Å². The van der Waals surface area contributed by atoms with Gasteiger partial charge in [-0.3, -0.25) is 5.43 Å². The van der Waals surface area contributed by atoms with Crippen LogP contribution in [0.15, 0.2) is 84.0 Å². The molecule has 148 valence electrons. The molecule has 7 heteroatoms. The Kier molecular flexibility index (Phi) is 6.29. The molecule has 0 aliphatic heterocycles. The quantitative estimate of drug-likeness (QED) is 0.309. The second-order valence-electron chi connectivity index (χ2n) is 6.25. The van der Waals surface area contributed by atoms with Crippen LogP contribution in [0.3, 0.4) is 0 Å². The highest BCUT2D eigenvalue weighted by atomic mass is 32.1. The number of halogens is 3. The number of hydrogen-bond donors (Lipinski definition) is 2. The van der Waals surface area contributed by atoms with Crippen LogP contribution in [0.1, 0.15) is 18.1 Å². The van der Waals surface area contributed by atoms with Gasteiger partial charge < -0.3 is 5.32 Å². The van der Waals surface area contributed by atoms with Crippen LogP contribution in [0.25, 0.3) is 11.1 Å². The van der Waals surface area contributed by atoms with Crippen LogP contribution in [0, 0.1) is 0 Å². The van der Waals surface area contributed by atoms with Gasteiger partial charge in [0.05, 0.1) is 17.0 Å². The molecule has 0 atom stereocenters. The van der Waals surface area contributed by atoms with Crippen molar-refractivity contribution in [3.8, 4) is 11.1 Å². The summed E-state index contributed by atoms with van der Waals surface area (Å²) in [5.74, 6) is 0. The fourth-order valence-corrected chi connectivity index (χ4v) is 2.88. The van der Waals surface area contributed by atoms with Gasteiger partial charge in [-0.2, -0.15) is 18.3 Å². The number of thiocarbonyl (C=S) groups is 1. The highest BCUT2D eigenvalue weighted by Crippen LogP contribution is 2.34. The van der Waals surface area contributed by atoms with Crippen molar-refractivity contribution in [2.75, 3.05) is 5.32 Å². The van der Waals surface area contributed by atoms with Gasteiger partial charge in [-0.05, 0) is 48.0 Å². The van der Waals surface area contributed by atoms with E-state index >= 15 is 0 Å². The van der Waals surface area contributed by atoms with Crippen molar-refractivity contribution in [1.82, 2.24) is 5.43 Å². The van der Waals surface area contributed by atoms with Crippen molar-refractivity contribution < 1.29 is 13.2 Å². The summed E-state index contributed by atoms with van der Waals surface area (Å²) in [5.41, 5.74) is 5.39.